The number of nitrogens with zero attached hydrogens (tertiary/aromatic N) is 6. The first-order valence-electron chi connectivity index (χ1n) is 12.9. The Morgan fingerprint density at radius 3 is 1.30 bits per heavy atom. The van der Waals surface area contributed by atoms with Crippen LogP contribution in [0, 0.1) is 0 Å². The molecule has 0 amide bonds. The van der Waals surface area contributed by atoms with Crippen LogP contribution in [-0.2, 0) is 0 Å². The van der Waals surface area contributed by atoms with Crippen molar-refractivity contribution in [1.82, 2.24) is 9.97 Å². The second-order valence-corrected chi connectivity index (χ2v) is 8.95. The highest BCUT2D eigenvalue weighted by Crippen LogP contribution is 2.17. The average molecular weight is 517 g/mol. The summed E-state index contributed by atoms with van der Waals surface area (Å²) in [6.07, 6.45) is 7.06. The molecule has 0 aliphatic carbocycles. The van der Waals surface area contributed by atoms with Gasteiger partial charge in [0.1, 0.15) is 11.4 Å². The van der Waals surface area contributed by atoms with E-state index in [0.29, 0.717) is 11.4 Å². The highest BCUT2D eigenvalue weighted by atomic mass is 15.2. The third-order valence-corrected chi connectivity index (χ3v) is 6.39. The fraction of sp³-hybridized carbons (Fsp3) is 0. The van der Waals surface area contributed by atoms with Crippen LogP contribution in [0.2, 0.25) is 0 Å². The molecular formula is C34H24N6. The lowest BCUT2D eigenvalue weighted by Crippen LogP contribution is -2.17. The van der Waals surface area contributed by atoms with Gasteiger partial charge in [-0.25, -0.2) is 0 Å². The fourth-order valence-corrected chi connectivity index (χ4v) is 4.43. The van der Waals surface area contributed by atoms with Crippen LogP contribution < -0.4 is 0 Å². The summed E-state index contributed by atoms with van der Waals surface area (Å²) < 4.78 is 0. The van der Waals surface area contributed by atoms with E-state index >= 15 is 0 Å². The van der Waals surface area contributed by atoms with E-state index in [1.807, 2.05) is 121 Å². The van der Waals surface area contributed by atoms with E-state index in [4.69, 9.17) is 10.2 Å². The fourth-order valence-electron chi connectivity index (χ4n) is 4.43. The summed E-state index contributed by atoms with van der Waals surface area (Å²) in [5, 5.41) is 20.5. The van der Waals surface area contributed by atoms with Gasteiger partial charge in [0.2, 0.25) is 0 Å². The van der Waals surface area contributed by atoms with E-state index in [9.17, 15) is 0 Å². The van der Waals surface area contributed by atoms with Gasteiger partial charge in [0.15, 0.2) is 0 Å². The number of benzene rings is 4. The van der Waals surface area contributed by atoms with Gasteiger partial charge in [0.25, 0.3) is 0 Å². The molecule has 0 fully saturated rings. The van der Waals surface area contributed by atoms with Gasteiger partial charge in [-0.2, -0.15) is 10.2 Å². The standard InChI is InChI=1S/C34H24N6/c1-3-11-25(12-4-1)33(39-37-23-27-19-21-35-31-17-9-7-15-29(27)31)34(26-13-5-2-6-14-26)40-38-24-28-20-22-36-32-18-10-8-16-30(28)32/h1-24H/b37-23+,38-24+,39-33+,40-34+. The van der Waals surface area contributed by atoms with E-state index < -0.39 is 0 Å². The largest absolute Gasteiger partial charge is 0.256 e. The van der Waals surface area contributed by atoms with Crippen molar-refractivity contribution in [1.29, 1.82) is 0 Å². The van der Waals surface area contributed by atoms with Crippen molar-refractivity contribution in [3.63, 3.8) is 0 Å². The van der Waals surface area contributed by atoms with E-state index in [1.165, 1.54) is 0 Å². The van der Waals surface area contributed by atoms with Crippen molar-refractivity contribution in [2.24, 2.45) is 20.4 Å². The first-order valence-corrected chi connectivity index (χ1v) is 12.9. The molecule has 0 radical (unpaired) electrons. The number of hydrogen-bond donors (Lipinski definition) is 0. The normalized spacial score (nSPS) is 12.6. The molecule has 0 aliphatic heterocycles. The van der Waals surface area contributed by atoms with Gasteiger partial charge >= 0.3 is 0 Å². The van der Waals surface area contributed by atoms with Crippen molar-refractivity contribution in [2.45, 2.75) is 0 Å². The Balaban J connectivity index is 1.45. The number of hydrogen-bond acceptors (Lipinski definition) is 6. The van der Waals surface area contributed by atoms with E-state index in [0.717, 1.165) is 44.1 Å². The Bertz CT molecular complexity index is 1740. The smallest absolute Gasteiger partial charge is 0.121 e. The molecule has 4 aromatic carbocycles. The van der Waals surface area contributed by atoms with Crippen LogP contribution in [0.1, 0.15) is 22.3 Å². The zero-order valence-corrected chi connectivity index (χ0v) is 21.5. The molecule has 0 bridgehead atoms. The lowest BCUT2D eigenvalue weighted by molar-refractivity contribution is 1.23. The summed E-state index contributed by atoms with van der Waals surface area (Å²) in [5.41, 5.74) is 6.66. The van der Waals surface area contributed by atoms with Crippen molar-refractivity contribution >= 4 is 45.7 Å². The molecule has 2 aromatic heterocycles. The molecule has 40 heavy (non-hydrogen) atoms. The van der Waals surface area contributed by atoms with Crippen molar-refractivity contribution in [3.8, 4) is 0 Å². The first-order chi connectivity index (χ1) is 19.9. The molecule has 0 saturated heterocycles. The van der Waals surface area contributed by atoms with Gasteiger partial charge in [-0.1, -0.05) is 97.1 Å². The van der Waals surface area contributed by atoms with E-state index in [-0.39, 0.29) is 0 Å². The minimum Gasteiger partial charge on any atom is -0.256 e. The van der Waals surface area contributed by atoms with E-state index in [2.05, 4.69) is 20.2 Å². The van der Waals surface area contributed by atoms with Crippen molar-refractivity contribution in [2.75, 3.05) is 0 Å². The predicted octanol–water partition coefficient (Wildman–Crippen LogP) is 7.13. The summed E-state index contributed by atoms with van der Waals surface area (Å²) in [5.74, 6) is 0. The SMILES string of the molecule is C(=N/N=C(/C(=N/N=C/c1ccnc2ccccc12)c1ccccc1)c1ccccc1)\c1ccnc2ccccc12. The van der Waals surface area contributed by atoms with Gasteiger partial charge < -0.3 is 0 Å². The molecule has 0 saturated carbocycles. The second kappa shape index (κ2) is 11.8. The Labute approximate surface area is 231 Å². The van der Waals surface area contributed by atoms with Crippen molar-refractivity contribution in [3.05, 3.63) is 156 Å². The van der Waals surface area contributed by atoms with Gasteiger partial charge in [-0.3, -0.25) is 9.97 Å². The summed E-state index contributed by atoms with van der Waals surface area (Å²) in [7, 11) is 0. The van der Waals surface area contributed by atoms with Gasteiger partial charge in [-0.05, 0) is 24.3 Å². The highest BCUT2D eigenvalue weighted by Gasteiger charge is 2.15. The molecule has 0 atom stereocenters. The molecule has 0 unspecified atom stereocenters. The number of fused-ring (bicyclic) bond motifs is 2. The molecule has 6 aromatic rings. The minimum absolute atomic E-state index is 0.609. The molecule has 6 heteroatoms. The molecule has 2 heterocycles. The van der Waals surface area contributed by atoms with Crippen molar-refractivity contribution < 1.29 is 0 Å². The number of pyridine rings is 2. The van der Waals surface area contributed by atoms with Gasteiger partial charge in [0, 0.05) is 45.4 Å². The summed E-state index contributed by atoms with van der Waals surface area (Å²) in [6.45, 7) is 0. The summed E-state index contributed by atoms with van der Waals surface area (Å²) >= 11 is 0. The summed E-state index contributed by atoms with van der Waals surface area (Å²) in [4.78, 5) is 8.88. The third kappa shape index (κ3) is 5.47. The monoisotopic (exact) mass is 516 g/mol. The summed E-state index contributed by atoms with van der Waals surface area (Å²) in [6, 6.07) is 39.6. The lowest BCUT2D eigenvalue weighted by Gasteiger charge is -2.09. The molecular weight excluding hydrogens is 492 g/mol. The maximum absolute atomic E-state index is 4.70. The highest BCUT2D eigenvalue weighted by molar-refractivity contribution is 6.53. The van der Waals surface area contributed by atoms with Crippen LogP contribution >= 0.6 is 0 Å². The maximum Gasteiger partial charge on any atom is 0.121 e. The Morgan fingerprint density at radius 2 is 0.850 bits per heavy atom. The first kappa shape index (κ1) is 24.7. The molecule has 190 valence electrons. The number of aromatic nitrogens is 2. The lowest BCUT2D eigenvalue weighted by atomic mass is 10.00. The minimum atomic E-state index is 0.609. The quantitative estimate of drug-likeness (QED) is 0.167. The maximum atomic E-state index is 4.70. The number of para-hydroxylation sites is 2. The van der Waals surface area contributed by atoms with Crippen LogP contribution in [0.15, 0.2) is 154 Å². The Hall–Kier alpha value is -5.62. The average Bonchev–Trinajstić information content (AvgIpc) is 3.03. The van der Waals surface area contributed by atoms with Crippen LogP contribution in [0.3, 0.4) is 0 Å². The van der Waals surface area contributed by atoms with Crippen LogP contribution in [0.5, 0.6) is 0 Å². The molecule has 6 rings (SSSR count). The molecule has 0 aliphatic rings. The zero-order valence-electron chi connectivity index (χ0n) is 21.5. The van der Waals surface area contributed by atoms with Crippen LogP contribution in [0.25, 0.3) is 21.8 Å². The third-order valence-electron chi connectivity index (χ3n) is 6.39. The van der Waals surface area contributed by atoms with Crippen LogP contribution in [-0.4, -0.2) is 33.8 Å². The van der Waals surface area contributed by atoms with Gasteiger partial charge in [-0.15, -0.1) is 10.2 Å². The zero-order chi connectivity index (χ0) is 27.0. The topological polar surface area (TPSA) is 75.2 Å². The van der Waals surface area contributed by atoms with Gasteiger partial charge in [0.05, 0.1) is 23.5 Å². The van der Waals surface area contributed by atoms with Crippen LogP contribution in [0.4, 0.5) is 0 Å². The Morgan fingerprint density at radius 1 is 0.450 bits per heavy atom. The molecule has 0 spiro atoms. The molecule has 6 nitrogen and oxygen atoms in total. The Kier molecular flexibility index (Phi) is 7.31. The second-order valence-electron chi connectivity index (χ2n) is 8.95. The van der Waals surface area contributed by atoms with E-state index in [1.54, 1.807) is 24.8 Å². The number of rotatable bonds is 7. The predicted molar refractivity (Wildman–Crippen MR) is 165 cm³/mol. The molecule has 0 N–H and O–H groups in total.